The van der Waals surface area contributed by atoms with Crippen molar-refractivity contribution in [1.29, 1.82) is 0 Å². The topological polar surface area (TPSA) is 91.6 Å². The van der Waals surface area contributed by atoms with Crippen molar-refractivity contribution in [2.75, 3.05) is 16.8 Å². The van der Waals surface area contributed by atoms with Gasteiger partial charge < -0.3 is 20.0 Å². The summed E-state index contributed by atoms with van der Waals surface area (Å²) in [7, 11) is 0. The zero-order chi connectivity index (χ0) is 21.8. The van der Waals surface area contributed by atoms with Crippen LogP contribution in [0.3, 0.4) is 0 Å². The Morgan fingerprint density at radius 3 is 2.58 bits per heavy atom. The molecular weight excluding hydrogens is 418 g/mol. The summed E-state index contributed by atoms with van der Waals surface area (Å²) in [6.07, 6.45) is 1.63. The van der Waals surface area contributed by atoms with Crippen LogP contribution < -0.4 is 15.5 Å². The zero-order valence-corrected chi connectivity index (χ0v) is 17.3. The smallest absolute Gasteiger partial charge is 0.253 e. The first-order valence-electron chi connectivity index (χ1n) is 9.77. The number of nitrogens with one attached hydrogen (secondary N) is 2. The minimum atomic E-state index is -0.526. The van der Waals surface area contributed by atoms with Gasteiger partial charge in [0, 0.05) is 23.7 Å². The van der Waals surface area contributed by atoms with Crippen LogP contribution in [0.25, 0.3) is 0 Å². The maximum Gasteiger partial charge on any atom is 0.253 e. The van der Waals surface area contributed by atoms with Crippen molar-refractivity contribution < 1.29 is 18.8 Å². The van der Waals surface area contributed by atoms with Gasteiger partial charge in [0.05, 0.1) is 30.0 Å². The van der Waals surface area contributed by atoms with Gasteiger partial charge in [-0.2, -0.15) is 0 Å². The second kappa shape index (κ2) is 9.06. The molecule has 0 aliphatic carbocycles. The molecule has 0 unspecified atom stereocenters. The normalized spacial score (nSPS) is 15.7. The molecule has 2 N–H and O–H groups in total. The Bertz CT molecular complexity index is 1100. The van der Waals surface area contributed by atoms with Gasteiger partial charge in [0.2, 0.25) is 11.8 Å². The van der Waals surface area contributed by atoms with E-state index in [1.54, 1.807) is 65.6 Å². The first-order chi connectivity index (χ1) is 15.0. The number of nitrogens with zero attached hydrogens (tertiary/aromatic N) is 1. The highest BCUT2D eigenvalue weighted by Gasteiger charge is 2.35. The predicted octanol–water partition coefficient (Wildman–Crippen LogP) is 3.85. The average Bonchev–Trinajstić information content (AvgIpc) is 3.43. The largest absolute Gasteiger partial charge is 0.467 e. The van der Waals surface area contributed by atoms with E-state index in [1.807, 2.05) is 0 Å². The van der Waals surface area contributed by atoms with Gasteiger partial charge >= 0.3 is 0 Å². The lowest BCUT2D eigenvalue weighted by Crippen LogP contribution is -2.29. The van der Waals surface area contributed by atoms with Crippen LogP contribution >= 0.6 is 11.6 Å². The van der Waals surface area contributed by atoms with Crippen molar-refractivity contribution in [1.82, 2.24) is 5.32 Å². The monoisotopic (exact) mass is 437 g/mol. The molecule has 3 aromatic rings. The van der Waals surface area contributed by atoms with Crippen molar-refractivity contribution in [3.05, 3.63) is 83.3 Å². The SMILES string of the molecule is O=C(NCc1ccco1)c1ccccc1NC(=O)[C@H]1CC(=O)N(c2ccc(Cl)cc2)C1. The van der Waals surface area contributed by atoms with Crippen molar-refractivity contribution in [2.24, 2.45) is 5.92 Å². The predicted molar refractivity (Wildman–Crippen MR) is 117 cm³/mol. The van der Waals surface area contributed by atoms with E-state index in [9.17, 15) is 14.4 Å². The summed E-state index contributed by atoms with van der Waals surface area (Å²) in [6.45, 7) is 0.500. The molecule has 0 spiro atoms. The molecule has 0 radical (unpaired) electrons. The molecule has 1 aliphatic rings. The minimum absolute atomic E-state index is 0.0985. The number of furan rings is 1. The maximum atomic E-state index is 12.9. The lowest BCUT2D eigenvalue weighted by Gasteiger charge is -2.17. The van der Waals surface area contributed by atoms with E-state index in [0.717, 1.165) is 0 Å². The van der Waals surface area contributed by atoms with Gasteiger partial charge in [-0.3, -0.25) is 14.4 Å². The van der Waals surface area contributed by atoms with Crippen molar-refractivity contribution in [3.63, 3.8) is 0 Å². The number of hydrogen-bond acceptors (Lipinski definition) is 4. The molecule has 1 saturated heterocycles. The van der Waals surface area contributed by atoms with Crippen molar-refractivity contribution in [3.8, 4) is 0 Å². The quantitative estimate of drug-likeness (QED) is 0.612. The molecular formula is C23H20ClN3O4. The Labute approximate surface area is 184 Å². The molecule has 158 valence electrons. The molecule has 2 heterocycles. The van der Waals surface area contributed by atoms with Crippen LogP contribution in [0.1, 0.15) is 22.5 Å². The maximum absolute atomic E-state index is 12.9. The Hall–Kier alpha value is -3.58. The van der Waals surface area contributed by atoms with Crippen LogP contribution in [0.15, 0.2) is 71.3 Å². The first kappa shape index (κ1) is 20.7. The highest BCUT2D eigenvalue weighted by Crippen LogP contribution is 2.27. The van der Waals surface area contributed by atoms with Crippen LogP contribution in [0, 0.1) is 5.92 Å². The second-order valence-corrected chi connectivity index (χ2v) is 7.62. The number of benzene rings is 2. The van der Waals surface area contributed by atoms with E-state index in [-0.39, 0.29) is 37.2 Å². The van der Waals surface area contributed by atoms with E-state index in [2.05, 4.69) is 10.6 Å². The fourth-order valence-corrected chi connectivity index (χ4v) is 3.58. The van der Waals surface area contributed by atoms with E-state index in [4.69, 9.17) is 16.0 Å². The van der Waals surface area contributed by atoms with E-state index in [0.29, 0.717) is 27.7 Å². The number of para-hydroxylation sites is 1. The van der Waals surface area contributed by atoms with E-state index in [1.165, 1.54) is 6.26 Å². The van der Waals surface area contributed by atoms with Gasteiger partial charge in [-0.05, 0) is 48.5 Å². The third-order valence-electron chi connectivity index (χ3n) is 5.07. The molecule has 7 nitrogen and oxygen atoms in total. The minimum Gasteiger partial charge on any atom is -0.467 e. The Morgan fingerprint density at radius 1 is 1.06 bits per heavy atom. The molecule has 3 amide bonds. The molecule has 1 aliphatic heterocycles. The summed E-state index contributed by atoms with van der Waals surface area (Å²) >= 11 is 5.91. The Balaban J connectivity index is 1.42. The summed E-state index contributed by atoms with van der Waals surface area (Å²) in [6, 6.07) is 17.2. The molecule has 1 atom stereocenters. The van der Waals surface area contributed by atoms with E-state index >= 15 is 0 Å². The fourth-order valence-electron chi connectivity index (χ4n) is 3.45. The van der Waals surface area contributed by atoms with Gasteiger partial charge in [-0.1, -0.05) is 23.7 Å². The van der Waals surface area contributed by atoms with Gasteiger partial charge in [0.25, 0.3) is 5.91 Å². The first-order valence-corrected chi connectivity index (χ1v) is 10.2. The summed E-state index contributed by atoms with van der Waals surface area (Å²) in [4.78, 5) is 39.5. The van der Waals surface area contributed by atoms with Crippen LogP contribution in [-0.4, -0.2) is 24.3 Å². The van der Waals surface area contributed by atoms with Gasteiger partial charge in [0.1, 0.15) is 5.76 Å². The second-order valence-electron chi connectivity index (χ2n) is 7.18. The van der Waals surface area contributed by atoms with Crippen molar-refractivity contribution >= 4 is 40.7 Å². The molecule has 31 heavy (non-hydrogen) atoms. The number of amides is 3. The molecule has 1 aromatic heterocycles. The molecule has 8 heteroatoms. The summed E-state index contributed by atoms with van der Waals surface area (Å²) in [5.74, 6) is -0.676. The number of hydrogen-bond donors (Lipinski definition) is 2. The number of carbonyl (C=O) groups is 3. The van der Waals surface area contributed by atoms with Gasteiger partial charge in [-0.25, -0.2) is 0 Å². The molecule has 2 aromatic carbocycles. The highest BCUT2D eigenvalue weighted by atomic mass is 35.5. The van der Waals surface area contributed by atoms with Gasteiger partial charge in [-0.15, -0.1) is 0 Å². The fraction of sp³-hybridized carbons (Fsp3) is 0.174. The molecule has 0 saturated carbocycles. The van der Waals surface area contributed by atoms with E-state index < -0.39 is 5.92 Å². The number of carbonyl (C=O) groups excluding carboxylic acids is 3. The van der Waals surface area contributed by atoms with Crippen LogP contribution in [-0.2, 0) is 16.1 Å². The molecule has 1 fully saturated rings. The molecule has 0 bridgehead atoms. The third kappa shape index (κ3) is 4.78. The zero-order valence-electron chi connectivity index (χ0n) is 16.5. The summed E-state index contributed by atoms with van der Waals surface area (Å²) in [5, 5.41) is 6.15. The summed E-state index contributed by atoms with van der Waals surface area (Å²) < 4.78 is 5.22. The lowest BCUT2D eigenvalue weighted by atomic mass is 10.1. The van der Waals surface area contributed by atoms with Gasteiger partial charge in [0.15, 0.2) is 0 Å². The summed E-state index contributed by atoms with van der Waals surface area (Å²) in [5.41, 5.74) is 1.42. The number of rotatable bonds is 6. The van der Waals surface area contributed by atoms with Crippen LogP contribution in [0.5, 0.6) is 0 Å². The van der Waals surface area contributed by atoms with Crippen molar-refractivity contribution in [2.45, 2.75) is 13.0 Å². The number of anilines is 2. The third-order valence-corrected chi connectivity index (χ3v) is 5.32. The molecule has 4 rings (SSSR count). The lowest BCUT2D eigenvalue weighted by molar-refractivity contribution is -0.122. The standard InChI is InChI=1S/C23H20ClN3O4/c24-16-7-9-17(10-8-16)27-14-15(12-21(27)28)22(29)26-20-6-2-1-5-19(20)23(30)25-13-18-4-3-11-31-18/h1-11,15H,12-14H2,(H,25,30)(H,26,29)/t15-/m0/s1. The highest BCUT2D eigenvalue weighted by molar-refractivity contribution is 6.30. The Kier molecular flexibility index (Phi) is 6.04. The van der Waals surface area contributed by atoms with Crippen LogP contribution in [0.2, 0.25) is 5.02 Å². The Morgan fingerprint density at radius 2 is 1.84 bits per heavy atom. The average molecular weight is 438 g/mol. The van der Waals surface area contributed by atoms with Crippen LogP contribution in [0.4, 0.5) is 11.4 Å². The number of halogens is 1.